The van der Waals surface area contributed by atoms with Crippen LogP contribution in [0.2, 0.25) is 0 Å². The number of amides is 1. The number of benzene rings is 3. The van der Waals surface area contributed by atoms with E-state index >= 15 is 0 Å². The Balaban J connectivity index is 1.68. The number of hydrogen-bond acceptors (Lipinski definition) is 6. The lowest BCUT2D eigenvalue weighted by Crippen LogP contribution is -2.14. The summed E-state index contributed by atoms with van der Waals surface area (Å²) in [6.07, 6.45) is 0. The first-order valence-electron chi connectivity index (χ1n) is 9.55. The number of nitro groups is 1. The summed E-state index contributed by atoms with van der Waals surface area (Å²) in [6, 6.07) is 16.9. The van der Waals surface area contributed by atoms with E-state index in [9.17, 15) is 14.9 Å². The summed E-state index contributed by atoms with van der Waals surface area (Å²) in [5.41, 5.74) is 2.08. The van der Waals surface area contributed by atoms with Crippen molar-refractivity contribution in [3.63, 3.8) is 0 Å². The number of fused-ring (bicyclic) bond motifs is 1. The average molecular weight is 417 g/mol. The van der Waals surface area contributed by atoms with Crippen LogP contribution in [0.4, 0.5) is 11.4 Å². The number of aryl methyl sites for hydroxylation is 2. The Bertz CT molecular complexity index is 1280. The summed E-state index contributed by atoms with van der Waals surface area (Å²) in [7, 11) is 0. The van der Waals surface area contributed by atoms with Gasteiger partial charge in [-0.3, -0.25) is 14.9 Å². The van der Waals surface area contributed by atoms with Crippen LogP contribution in [0.5, 0.6) is 5.75 Å². The minimum Gasteiger partial charge on any atom is -0.488 e. The summed E-state index contributed by atoms with van der Waals surface area (Å²) in [4.78, 5) is 23.6. The van der Waals surface area contributed by atoms with Crippen LogP contribution in [0.3, 0.4) is 0 Å². The molecule has 0 spiro atoms. The van der Waals surface area contributed by atoms with Gasteiger partial charge in [0.25, 0.3) is 11.6 Å². The fourth-order valence-corrected chi connectivity index (χ4v) is 3.27. The fraction of sp³-hybridized carbons (Fsp3) is 0.130. The van der Waals surface area contributed by atoms with Crippen LogP contribution >= 0.6 is 0 Å². The maximum atomic E-state index is 13.1. The Morgan fingerprint density at radius 2 is 1.84 bits per heavy atom. The predicted molar refractivity (Wildman–Crippen MR) is 115 cm³/mol. The second-order valence-corrected chi connectivity index (χ2v) is 7.05. The molecule has 8 nitrogen and oxygen atoms in total. The number of rotatable bonds is 6. The van der Waals surface area contributed by atoms with Crippen molar-refractivity contribution in [2.24, 2.45) is 0 Å². The number of nitrogens with one attached hydrogen (secondary N) is 1. The molecule has 8 heteroatoms. The first-order valence-corrected chi connectivity index (χ1v) is 9.55. The topological polar surface area (TPSA) is 108 Å². The van der Waals surface area contributed by atoms with Crippen molar-refractivity contribution in [3.8, 4) is 5.75 Å². The normalized spacial score (nSPS) is 10.8. The van der Waals surface area contributed by atoms with Gasteiger partial charge in [-0.1, -0.05) is 35.5 Å². The molecule has 1 N–H and O–H groups in total. The number of carbonyl (C=O) groups excluding carboxylic acids is 1. The maximum absolute atomic E-state index is 13.1. The summed E-state index contributed by atoms with van der Waals surface area (Å²) < 4.78 is 11.2. The second kappa shape index (κ2) is 8.27. The van der Waals surface area contributed by atoms with Crippen LogP contribution in [-0.4, -0.2) is 16.0 Å². The number of ether oxygens (including phenoxy) is 1. The van der Waals surface area contributed by atoms with Gasteiger partial charge in [0.15, 0.2) is 0 Å². The molecule has 4 aromatic rings. The molecule has 0 aliphatic rings. The lowest BCUT2D eigenvalue weighted by Gasteiger charge is -2.13. The number of non-ortho nitro benzene ring substituents is 1. The van der Waals surface area contributed by atoms with E-state index < -0.39 is 10.8 Å². The zero-order valence-corrected chi connectivity index (χ0v) is 16.9. The molecular weight excluding hydrogens is 398 g/mol. The van der Waals surface area contributed by atoms with Crippen LogP contribution in [0.25, 0.3) is 10.8 Å². The molecule has 1 aromatic heterocycles. The van der Waals surface area contributed by atoms with Crippen molar-refractivity contribution in [3.05, 3.63) is 93.4 Å². The number of aromatic nitrogens is 1. The van der Waals surface area contributed by atoms with E-state index in [0.29, 0.717) is 22.8 Å². The van der Waals surface area contributed by atoms with Crippen LogP contribution in [0.1, 0.15) is 27.4 Å². The smallest absolute Gasteiger partial charge is 0.271 e. The standard InChI is InChI=1S/C23H19N3O5/c1-14-21(15(2)31-25-14)13-30-22-11-17-7-4-3-6-16(17)10-20(22)23(27)24-18-8-5-9-19(12-18)26(28)29/h3-12H,13H2,1-2H3,(H,24,27). The Morgan fingerprint density at radius 1 is 1.10 bits per heavy atom. The van der Waals surface area contributed by atoms with Crippen molar-refractivity contribution in [2.75, 3.05) is 5.32 Å². The summed E-state index contributed by atoms with van der Waals surface area (Å²) >= 11 is 0. The van der Waals surface area contributed by atoms with E-state index in [-0.39, 0.29) is 12.3 Å². The van der Waals surface area contributed by atoms with Crippen molar-refractivity contribution >= 4 is 28.1 Å². The SMILES string of the molecule is Cc1noc(C)c1COc1cc2ccccc2cc1C(=O)Nc1cccc([N+](=O)[O-])c1. The van der Waals surface area contributed by atoms with E-state index in [4.69, 9.17) is 9.26 Å². The van der Waals surface area contributed by atoms with Crippen molar-refractivity contribution in [1.29, 1.82) is 0 Å². The third-order valence-electron chi connectivity index (χ3n) is 4.96. The monoisotopic (exact) mass is 417 g/mol. The molecule has 0 bridgehead atoms. The molecule has 0 fully saturated rings. The molecule has 4 rings (SSSR count). The molecule has 1 amide bonds. The Morgan fingerprint density at radius 3 is 2.52 bits per heavy atom. The highest BCUT2D eigenvalue weighted by atomic mass is 16.6. The minimum atomic E-state index is -0.510. The van der Waals surface area contributed by atoms with E-state index in [2.05, 4.69) is 10.5 Å². The van der Waals surface area contributed by atoms with Crippen molar-refractivity contribution in [2.45, 2.75) is 20.5 Å². The molecule has 0 atom stereocenters. The van der Waals surface area contributed by atoms with Crippen molar-refractivity contribution < 1.29 is 19.0 Å². The van der Waals surface area contributed by atoms with Gasteiger partial charge in [-0.2, -0.15) is 0 Å². The van der Waals surface area contributed by atoms with Crippen LogP contribution in [0, 0.1) is 24.0 Å². The highest BCUT2D eigenvalue weighted by Gasteiger charge is 2.17. The molecule has 0 radical (unpaired) electrons. The van der Waals surface area contributed by atoms with Gasteiger partial charge in [0.05, 0.1) is 21.7 Å². The molecule has 0 aliphatic carbocycles. The maximum Gasteiger partial charge on any atom is 0.271 e. The number of nitrogens with zero attached hydrogens (tertiary/aromatic N) is 2. The van der Waals surface area contributed by atoms with Crippen LogP contribution < -0.4 is 10.1 Å². The van der Waals surface area contributed by atoms with E-state index in [0.717, 1.165) is 22.0 Å². The number of carbonyl (C=O) groups is 1. The average Bonchev–Trinajstić information content (AvgIpc) is 3.09. The van der Waals surface area contributed by atoms with Gasteiger partial charge in [0.2, 0.25) is 0 Å². The molecule has 31 heavy (non-hydrogen) atoms. The quantitative estimate of drug-likeness (QED) is 0.342. The first-order chi connectivity index (χ1) is 14.9. The Kier molecular flexibility index (Phi) is 5.36. The third kappa shape index (κ3) is 4.23. The highest BCUT2D eigenvalue weighted by molar-refractivity contribution is 6.08. The first kappa shape index (κ1) is 20.1. The molecule has 0 aliphatic heterocycles. The third-order valence-corrected chi connectivity index (χ3v) is 4.96. The molecule has 3 aromatic carbocycles. The van der Waals surface area contributed by atoms with Gasteiger partial charge >= 0.3 is 0 Å². The summed E-state index contributed by atoms with van der Waals surface area (Å²) in [5, 5.41) is 19.5. The Hall–Kier alpha value is -4.20. The van der Waals surface area contributed by atoms with E-state index in [1.807, 2.05) is 31.2 Å². The van der Waals surface area contributed by atoms with Crippen LogP contribution in [0.15, 0.2) is 65.2 Å². The summed E-state index contributed by atoms with van der Waals surface area (Å²) in [6.45, 7) is 3.82. The molecule has 156 valence electrons. The van der Waals surface area contributed by atoms with Gasteiger partial charge in [-0.15, -0.1) is 0 Å². The highest BCUT2D eigenvalue weighted by Crippen LogP contribution is 2.29. The Labute approximate surface area is 177 Å². The van der Waals surface area contributed by atoms with Crippen molar-refractivity contribution in [1.82, 2.24) is 5.16 Å². The molecular formula is C23H19N3O5. The zero-order valence-electron chi connectivity index (χ0n) is 16.9. The fourth-order valence-electron chi connectivity index (χ4n) is 3.27. The van der Waals surface area contributed by atoms with Gasteiger partial charge in [-0.25, -0.2) is 0 Å². The van der Waals surface area contributed by atoms with E-state index in [1.54, 1.807) is 25.1 Å². The van der Waals surface area contributed by atoms with Gasteiger partial charge in [-0.05, 0) is 42.8 Å². The van der Waals surface area contributed by atoms with Gasteiger partial charge in [0.1, 0.15) is 18.1 Å². The lowest BCUT2D eigenvalue weighted by molar-refractivity contribution is -0.384. The molecule has 0 saturated carbocycles. The lowest BCUT2D eigenvalue weighted by atomic mass is 10.0. The zero-order chi connectivity index (χ0) is 22.0. The molecule has 1 heterocycles. The molecule has 0 saturated heterocycles. The largest absolute Gasteiger partial charge is 0.488 e. The summed E-state index contributed by atoms with van der Waals surface area (Å²) in [5.74, 6) is 0.613. The minimum absolute atomic E-state index is 0.105. The van der Waals surface area contributed by atoms with Crippen LogP contribution in [-0.2, 0) is 6.61 Å². The second-order valence-electron chi connectivity index (χ2n) is 7.05. The predicted octanol–water partition coefficient (Wildman–Crippen LogP) is 5.18. The van der Waals surface area contributed by atoms with Gasteiger partial charge < -0.3 is 14.6 Å². The number of nitro benzene ring substituents is 1. The molecule has 0 unspecified atom stereocenters. The van der Waals surface area contributed by atoms with Gasteiger partial charge in [0, 0.05) is 17.8 Å². The van der Waals surface area contributed by atoms with E-state index in [1.165, 1.54) is 18.2 Å². The number of hydrogen-bond donors (Lipinski definition) is 1. The number of anilines is 1.